The van der Waals surface area contributed by atoms with E-state index in [4.69, 9.17) is 9.73 Å². The van der Waals surface area contributed by atoms with Crippen molar-refractivity contribution in [3.05, 3.63) is 29.8 Å². The van der Waals surface area contributed by atoms with E-state index in [1.807, 2.05) is 18.2 Å². The van der Waals surface area contributed by atoms with E-state index < -0.39 is 0 Å². The molecular formula is C20H34N4O2. The minimum atomic E-state index is -0.255. The summed E-state index contributed by atoms with van der Waals surface area (Å²) in [6.07, 6.45) is 0.546. The van der Waals surface area contributed by atoms with Gasteiger partial charge in [0.15, 0.2) is 5.96 Å². The molecule has 0 aliphatic carbocycles. The summed E-state index contributed by atoms with van der Waals surface area (Å²) in [5, 5.41) is 13.1. The van der Waals surface area contributed by atoms with Crippen LogP contribution < -0.4 is 10.1 Å². The van der Waals surface area contributed by atoms with Crippen molar-refractivity contribution in [3.63, 3.8) is 0 Å². The summed E-state index contributed by atoms with van der Waals surface area (Å²) < 4.78 is 6.02. The molecule has 1 heterocycles. The average Bonchev–Trinajstić information content (AvgIpc) is 3.09. The number of aliphatic hydroxyl groups is 1. The molecule has 1 aliphatic heterocycles. The molecule has 2 N–H and O–H groups in total. The van der Waals surface area contributed by atoms with E-state index in [9.17, 15) is 5.11 Å². The number of guanidine groups is 1. The van der Waals surface area contributed by atoms with E-state index in [1.165, 1.54) is 0 Å². The summed E-state index contributed by atoms with van der Waals surface area (Å²) in [6.45, 7) is 13.0. The number of ether oxygens (including phenoxy) is 1. The molecule has 6 heteroatoms. The van der Waals surface area contributed by atoms with E-state index in [0.717, 1.165) is 56.4 Å². The number of likely N-dealkylation sites (tertiary alicyclic amines) is 1. The first kappa shape index (κ1) is 20.5. The van der Waals surface area contributed by atoms with Crippen LogP contribution in [0.5, 0.6) is 5.75 Å². The Hall–Kier alpha value is -1.79. The SMILES string of the molecule is CCNC(=NCc1ccccc1OCCN(CC)CC)N1CC[C@@H](O)C1. The third kappa shape index (κ3) is 6.18. The maximum atomic E-state index is 9.78. The van der Waals surface area contributed by atoms with E-state index in [-0.39, 0.29) is 6.10 Å². The molecule has 26 heavy (non-hydrogen) atoms. The number of hydrogen-bond acceptors (Lipinski definition) is 4. The first-order valence-corrected chi connectivity index (χ1v) is 9.82. The molecule has 2 rings (SSSR count). The Balaban J connectivity index is 1.99. The van der Waals surface area contributed by atoms with Crippen LogP contribution in [0, 0.1) is 0 Å². The second-order valence-electron chi connectivity index (χ2n) is 6.54. The maximum absolute atomic E-state index is 9.78. The minimum Gasteiger partial charge on any atom is -0.492 e. The Morgan fingerprint density at radius 2 is 2.08 bits per heavy atom. The summed E-state index contributed by atoms with van der Waals surface area (Å²) in [7, 11) is 0. The predicted molar refractivity (Wildman–Crippen MR) is 107 cm³/mol. The Bertz CT molecular complexity index is 560. The molecule has 0 aromatic heterocycles. The summed E-state index contributed by atoms with van der Waals surface area (Å²) >= 11 is 0. The molecule has 0 spiro atoms. The Labute approximate surface area is 157 Å². The van der Waals surface area contributed by atoms with Crippen molar-refractivity contribution in [2.75, 3.05) is 45.9 Å². The maximum Gasteiger partial charge on any atom is 0.194 e. The second-order valence-corrected chi connectivity index (χ2v) is 6.54. The van der Waals surface area contributed by atoms with Gasteiger partial charge in [-0.25, -0.2) is 4.99 Å². The van der Waals surface area contributed by atoms with Crippen molar-refractivity contribution in [3.8, 4) is 5.75 Å². The molecule has 1 fully saturated rings. The summed E-state index contributed by atoms with van der Waals surface area (Å²) in [6, 6.07) is 8.11. The predicted octanol–water partition coefficient (Wildman–Crippen LogP) is 1.94. The number of rotatable bonds is 9. The fourth-order valence-electron chi connectivity index (χ4n) is 3.12. The van der Waals surface area contributed by atoms with Crippen LogP contribution in [0.2, 0.25) is 0 Å². The van der Waals surface area contributed by atoms with Gasteiger partial charge in [-0.1, -0.05) is 32.0 Å². The zero-order chi connectivity index (χ0) is 18.8. The molecule has 1 saturated heterocycles. The molecule has 1 aromatic carbocycles. The van der Waals surface area contributed by atoms with Crippen LogP contribution in [-0.2, 0) is 6.54 Å². The normalized spacial score (nSPS) is 17.8. The van der Waals surface area contributed by atoms with Gasteiger partial charge in [-0.2, -0.15) is 0 Å². The molecule has 0 bridgehead atoms. The van der Waals surface area contributed by atoms with Gasteiger partial charge in [0.05, 0.1) is 12.6 Å². The standard InChI is InChI=1S/C20H34N4O2/c1-4-21-20(24-12-11-18(25)16-24)22-15-17-9-7-8-10-19(17)26-14-13-23(5-2)6-3/h7-10,18,25H,4-6,11-16H2,1-3H3,(H,21,22)/t18-/m1/s1. The molecule has 0 saturated carbocycles. The highest BCUT2D eigenvalue weighted by molar-refractivity contribution is 5.80. The second kappa shape index (κ2) is 11.0. The molecule has 0 unspecified atom stereocenters. The molecule has 146 valence electrons. The van der Waals surface area contributed by atoms with E-state index in [2.05, 4.69) is 42.0 Å². The summed E-state index contributed by atoms with van der Waals surface area (Å²) in [4.78, 5) is 9.24. The molecular weight excluding hydrogens is 328 g/mol. The lowest BCUT2D eigenvalue weighted by Crippen LogP contribution is -2.40. The van der Waals surface area contributed by atoms with E-state index in [0.29, 0.717) is 19.7 Å². The number of hydrogen-bond donors (Lipinski definition) is 2. The van der Waals surface area contributed by atoms with Crippen LogP contribution in [0.3, 0.4) is 0 Å². The average molecular weight is 363 g/mol. The van der Waals surface area contributed by atoms with Crippen molar-refractivity contribution in [1.29, 1.82) is 0 Å². The molecule has 1 aliphatic rings. The number of benzene rings is 1. The molecule has 0 radical (unpaired) electrons. The fourth-order valence-corrected chi connectivity index (χ4v) is 3.12. The number of nitrogens with one attached hydrogen (secondary N) is 1. The van der Waals surface area contributed by atoms with Crippen LogP contribution in [-0.4, -0.2) is 72.8 Å². The Morgan fingerprint density at radius 3 is 2.73 bits per heavy atom. The van der Waals surface area contributed by atoms with Crippen LogP contribution in [0.4, 0.5) is 0 Å². The Kier molecular flexibility index (Phi) is 8.71. The van der Waals surface area contributed by atoms with Gasteiger partial charge in [0.1, 0.15) is 12.4 Å². The van der Waals surface area contributed by atoms with E-state index in [1.54, 1.807) is 0 Å². The zero-order valence-electron chi connectivity index (χ0n) is 16.4. The van der Waals surface area contributed by atoms with Gasteiger partial charge in [0.25, 0.3) is 0 Å². The highest BCUT2D eigenvalue weighted by atomic mass is 16.5. The highest BCUT2D eigenvalue weighted by Gasteiger charge is 2.22. The smallest absolute Gasteiger partial charge is 0.194 e. The van der Waals surface area contributed by atoms with Crippen molar-refractivity contribution >= 4 is 5.96 Å². The van der Waals surface area contributed by atoms with E-state index >= 15 is 0 Å². The first-order valence-electron chi connectivity index (χ1n) is 9.82. The number of aliphatic imine (C=N–C) groups is 1. The molecule has 1 aromatic rings. The number of nitrogens with zero attached hydrogens (tertiary/aromatic N) is 3. The zero-order valence-corrected chi connectivity index (χ0v) is 16.4. The first-order chi connectivity index (χ1) is 12.7. The van der Waals surface area contributed by atoms with Gasteiger partial charge >= 0.3 is 0 Å². The minimum absolute atomic E-state index is 0.255. The van der Waals surface area contributed by atoms with Crippen molar-refractivity contribution in [2.45, 2.75) is 39.8 Å². The van der Waals surface area contributed by atoms with Crippen molar-refractivity contribution < 1.29 is 9.84 Å². The van der Waals surface area contributed by atoms with Gasteiger partial charge in [-0.3, -0.25) is 0 Å². The topological polar surface area (TPSA) is 60.3 Å². The summed E-state index contributed by atoms with van der Waals surface area (Å²) in [5.41, 5.74) is 1.09. The quantitative estimate of drug-likeness (QED) is 0.519. The third-order valence-corrected chi connectivity index (χ3v) is 4.73. The van der Waals surface area contributed by atoms with Crippen LogP contribution >= 0.6 is 0 Å². The fraction of sp³-hybridized carbons (Fsp3) is 0.650. The van der Waals surface area contributed by atoms with Crippen molar-refractivity contribution in [1.82, 2.24) is 15.1 Å². The number of β-amino-alcohol motifs (C(OH)–C–C–N with tert-alkyl or cyclic N) is 1. The molecule has 6 nitrogen and oxygen atoms in total. The molecule has 0 amide bonds. The largest absolute Gasteiger partial charge is 0.492 e. The Morgan fingerprint density at radius 1 is 1.31 bits per heavy atom. The lowest BCUT2D eigenvalue weighted by Gasteiger charge is -2.21. The van der Waals surface area contributed by atoms with Gasteiger partial charge < -0.3 is 25.0 Å². The third-order valence-electron chi connectivity index (χ3n) is 4.73. The summed E-state index contributed by atoms with van der Waals surface area (Å²) in [5.74, 6) is 1.77. The van der Waals surface area contributed by atoms with Gasteiger partial charge in [0, 0.05) is 31.7 Å². The monoisotopic (exact) mass is 362 g/mol. The number of para-hydroxylation sites is 1. The van der Waals surface area contributed by atoms with Crippen LogP contribution in [0.15, 0.2) is 29.3 Å². The van der Waals surface area contributed by atoms with Crippen LogP contribution in [0.25, 0.3) is 0 Å². The van der Waals surface area contributed by atoms with Gasteiger partial charge in [0.2, 0.25) is 0 Å². The molecule has 1 atom stereocenters. The number of likely N-dealkylation sites (N-methyl/N-ethyl adjacent to an activating group) is 1. The van der Waals surface area contributed by atoms with Gasteiger partial charge in [-0.15, -0.1) is 0 Å². The van der Waals surface area contributed by atoms with Gasteiger partial charge in [-0.05, 0) is 32.5 Å². The highest BCUT2D eigenvalue weighted by Crippen LogP contribution is 2.19. The lowest BCUT2D eigenvalue weighted by atomic mass is 10.2. The number of aliphatic hydroxyl groups excluding tert-OH is 1. The van der Waals surface area contributed by atoms with Crippen molar-refractivity contribution in [2.24, 2.45) is 4.99 Å². The van der Waals surface area contributed by atoms with Crippen LogP contribution in [0.1, 0.15) is 32.8 Å². The lowest BCUT2D eigenvalue weighted by molar-refractivity contribution is 0.187.